The third-order valence-corrected chi connectivity index (χ3v) is 4.52. The van der Waals surface area contributed by atoms with Gasteiger partial charge in [0.05, 0.1) is 0 Å². The highest BCUT2D eigenvalue weighted by Crippen LogP contribution is 2.27. The highest BCUT2D eigenvalue weighted by atomic mass is 19.1. The van der Waals surface area contributed by atoms with Crippen LogP contribution in [0.4, 0.5) is 10.1 Å². The molecule has 1 aliphatic heterocycles. The monoisotopic (exact) mass is 340 g/mol. The van der Waals surface area contributed by atoms with Crippen molar-refractivity contribution < 1.29 is 14.0 Å². The van der Waals surface area contributed by atoms with Gasteiger partial charge >= 0.3 is 0 Å². The van der Waals surface area contributed by atoms with Crippen LogP contribution in [0, 0.1) is 25.6 Å². The third-order valence-electron chi connectivity index (χ3n) is 4.52. The van der Waals surface area contributed by atoms with Crippen LogP contribution in [0.1, 0.15) is 23.1 Å². The molecule has 1 aliphatic rings. The lowest BCUT2D eigenvalue weighted by Gasteiger charge is -2.17. The molecular weight excluding hydrogens is 319 g/mol. The van der Waals surface area contributed by atoms with E-state index in [9.17, 15) is 14.0 Å². The van der Waals surface area contributed by atoms with E-state index in [0.29, 0.717) is 30.8 Å². The van der Waals surface area contributed by atoms with Gasteiger partial charge in [-0.05, 0) is 49.6 Å². The van der Waals surface area contributed by atoms with Gasteiger partial charge in [-0.25, -0.2) is 4.39 Å². The zero-order valence-corrected chi connectivity index (χ0v) is 14.4. The minimum atomic E-state index is -0.685. The van der Waals surface area contributed by atoms with Crippen molar-refractivity contribution in [1.82, 2.24) is 5.32 Å². The maximum absolute atomic E-state index is 13.4. The largest absolute Gasteiger partial charge is 0.351 e. The van der Waals surface area contributed by atoms with Crippen LogP contribution in [0.2, 0.25) is 0 Å². The number of benzene rings is 2. The van der Waals surface area contributed by atoms with Gasteiger partial charge in [-0.1, -0.05) is 29.8 Å². The van der Waals surface area contributed by atoms with Crippen molar-refractivity contribution >= 4 is 17.5 Å². The molecule has 0 aromatic heterocycles. The van der Waals surface area contributed by atoms with Crippen LogP contribution in [0.15, 0.2) is 42.5 Å². The summed E-state index contributed by atoms with van der Waals surface area (Å²) in [6.07, 6.45) is 0.467. The summed E-state index contributed by atoms with van der Waals surface area (Å²) in [4.78, 5) is 26.5. The summed E-state index contributed by atoms with van der Waals surface area (Å²) >= 11 is 0. The molecule has 5 heteroatoms. The number of aryl methyl sites for hydroxylation is 2. The first-order valence-electron chi connectivity index (χ1n) is 8.36. The highest BCUT2D eigenvalue weighted by molar-refractivity contribution is 6.09. The first kappa shape index (κ1) is 17.1. The maximum Gasteiger partial charge on any atom is 0.239 e. The van der Waals surface area contributed by atoms with Gasteiger partial charge in [0.2, 0.25) is 11.8 Å². The lowest BCUT2D eigenvalue weighted by atomic mass is 10.1. The predicted octanol–water partition coefficient (Wildman–Crippen LogP) is 3.11. The second-order valence-electron chi connectivity index (χ2n) is 6.47. The Morgan fingerprint density at radius 3 is 2.76 bits per heavy atom. The summed E-state index contributed by atoms with van der Waals surface area (Å²) in [6, 6.07) is 12.4. The summed E-state index contributed by atoms with van der Waals surface area (Å²) < 4.78 is 13.4. The van der Waals surface area contributed by atoms with E-state index in [0.717, 1.165) is 11.1 Å². The Labute approximate surface area is 146 Å². The number of halogens is 1. The number of nitrogens with one attached hydrogen (secondary N) is 1. The molecule has 1 N–H and O–H groups in total. The van der Waals surface area contributed by atoms with Crippen molar-refractivity contribution in [3.63, 3.8) is 0 Å². The van der Waals surface area contributed by atoms with Crippen LogP contribution in [0.25, 0.3) is 0 Å². The van der Waals surface area contributed by atoms with Gasteiger partial charge in [0.25, 0.3) is 0 Å². The van der Waals surface area contributed by atoms with E-state index in [4.69, 9.17) is 0 Å². The van der Waals surface area contributed by atoms with Crippen LogP contribution in [0.5, 0.6) is 0 Å². The molecule has 1 saturated heterocycles. The molecule has 0 radical (unpaired) electrons. The number of carbonyl (C=O) groups is 2. The van der Waals surface area contributed by atoms with Crippen LogP contribution in [-0.2, 0) is 16.1 Å². The first-order valence-corrected chi connectivity index (χ1v) is 8.36. The molecule has 1 unspecified atom stereocenters. The zero-order valence-electron chi connectivity index (χ0n) is 14.4. The molecule has 0 bridgehead atoms. The molecule has 1 fully saturated rings. The van der Waals surface area contributed by atoms with E-state index in [2.05, 4.69) is 5.32 Å². The fraction of sp³-hybridized carbons (Fsp3) is 0.300. The SMILES string of the molecule is Cc1cccc(CNC(=O)C2CCN(c3ccc(F)c(C)c3)C2=O)c1. The van der Waals surface area contributed by atoms with Gasteiger partial charge in [0, 0.05) is 18.8 Å². The van der Waals surface area contributed by atoms with Crippen molar-refractivity contribution in [1.29, 1.82) is 0 Å². The summed E-state index contributed by atoms with van der Waals surface area (Å²) in [5.74, 6) is -1.47. The van der Waals surface area contributed by atoms with E-state index in [1.54, 1.807) is 24.0 Å². The van der Waals surface area contributed by atoms with E-state index in [1.165, 1.54) is 6.07 Å². The van der Waals surface area contributed by atoms with Crippen LogP contribution in [-0.4, -0.2) is 18.4 Å². The molecule has 1 atom stereocenters. The predicted molar refractivity (Wildman–Crippen MR) is 94.6 cm³/mol. The Morgan fingerprint density at radius 1 is 1.24 bits per heavy atom. The first-order chi connectivity index (χ1) is 12.0. The van der Waals surface area contributed by atoms with E-state index < -0.39 is 5.92 Å². The number of hydrogen-bond donors (Lipinski definition) is 1. The van der Waals surface area contributed by atoms with Gasteiger partial charge in [-0.3, -0.25) is 9.59 Å². The van der Waals surface area contributed by atoms with Gasteiger partial charge in [-0.2, -0.15) is 0 Å². The number of carbonyl (C=O) groups excluding carboxylic acids is 2. The molecule has 2 amide bonds. The van der Waals surface area contributed by atoms with Crippen LogP contribution < -0.4 is 10.2 Å². The molecule has 25 heavy (non-hydrogen) atoms. The standard InChI is InChI=1S/C20H21FN2O2/c1-13-4-3-5-15(10-13)12-22-19(24)17-8-9-23(20(17)25)16-6-7-18(21)14(2)11-16/h3-7,10-11,17H,8-9,12H2,1-2H3,(H,22,24). The molecule has 0 aliphatic carbocycles. The number of amides is 2. The van der Waals surface area contributed by atoms with Crippen molar-refractivity contribution in [2.45, 2.75) is 26.8 Å². The molecular formula is C20H21FN2O2. The highest BCUT2D eigenvalue weighted by Gasteiger charge is 2.37. The smallest absolute Gasteiger partial charge is 0.239 e. The molecule has 2 aromatic carbocycles. The van der Waals surface area contributed by atoms with Gasteiger partial charge in [-0.15, -0.1) is 0 Å². The zero-order chi connectivity index (χ0) is 18.0. The minimum Gasteiger partial charge on any atom is -0.351 e. The lowest BCUT2D eigenvalue weighted by molar-refractivity contribution is -0.132. The Kier molecular flexibility index (Phi) is 4.83. The minimum absolute atomic E-state index is 0.229. The van der Waals surface area contributed by atoms with Crippen molar-refractivity contribution in [3.05, 3.63) is 65.0 Å². The molecule has 0 saturated carbocycles. The fourth-order valence-electron chi connectivity index (χ4n) is 3.11. The average molecular weight is 340 g/mol. The second kappa shape index (κ2) is 7.05. The normalized spacial score (nSPS) is 17.0. The Morgan fingerprint density at radius 2 is 2.04 bits per heavy atom. The van der Waals surface area contributed by atoms with Gasteiger partial charge in [0.1, 0.15) is 11.7 Å². The number of rotatable bonds is 4. The van der Waals surface area contributed by atoms with Crippen LogP contribution >= 0.6 is 0 Å². The topological polar surface area (TPSA) is 49.4 Å². The number of hydrogen-bond acceptors (Lipinski definition) is 2. The molecule has 130 valence electrons. The summed E-state index contributed by atoms with van der Waals surface area (Å²) in [5, 5.41) is 2.84. The van der Waals surface area contributed by atoms with E-state index >= 15 is 0 Å². The average Bonchev–Trinajstić information content (AvgIpc) is 2.97. The summed E-state index contributed by atoms with van der Waals surface area (Å²) in [5.41, 5.74) is 3.25. The van der Waals surface area contributed by atoms with Crippen molar-refractivity contribution in [2.24, 2.45) is 5.92 Å². The number of nitrogens with zero attached hydrogens (tertiary/aromatic N) is 1. The molecule has 4 nitrogen and oxygen atoms in total. The molecule has 0 spiro atoms. The lowest BCUT2D eigenvalue weighted by Crippen LogP contribution is -2.36. The molecule has 1 heterocycles. The molecule has 3 rings (SSSR count). The van der Waals surface area contributed by atoms with Crippen LogP contribution in [0.3, 0.4) is 0 Å². The van der Waals surface area contributed by atoms with E-state index in [1.807, 2.05) is 31.2 Å². The van der Waals surface area contributed by atoms with Gasteiger partial charge in [0.15, 0.2) is 0 Å². The maximum atomic E-state index is 13.4. The Hall–Kier alpha value is -2.69. The van der Waals surface area contributed by atoms with Crippen molar-refractivity contribution in [3.8, 4) is 0 Å². The summed E-state index contributed by atoms with van der Waals surface area (Å²) in [6.45, 7) is 4.52. The fourth-order valence-corrected chi connectivity index (χ4v) is 3.11. The summed E-state index contributed by atoms with van der Waals surface area (Å²) in [7, 11) is 0. The second-order valence-corrected chi connectivity index (χ2v) is 6.47. The van der Waals surface area contributed by atoms with Gasteiger partial charge < -0.3 is 10.2 Å². The van der Waals surface area contributed by atoms with Crippen molar-refractivity contribution in [2.75, 3.05) is 11.4 Å². The molecule has 2 aromatic rings. The Bertz CT molecular complexity index is 819. The Balaban J connectivity index is 1.64. The quantitative estimate of drug-likeness (QED) is 0.870. The number of anilines is 1. The van der Waals surface area contributed by atoms with E-state index in [-0.39, 0.29) is 17.6 Å². The third kappa shape index (κ3) is 3.71.